The third-order valence-electron chi connectivity index (χ3n) is 1.91. The van der Waals surface area contributed by atoms with Crippen molar-refractivity contribution >= 4 is 11.8 Å². The highest BCUT2D eigenvalue weighted by atomic mass is 32.2. The molecule has 48 valence electrons. The molecule has 1 saturated carbocycles. The van der Waals surface area contributed by atoms with E-state index in [1.54, 1.807) is 11.8 Å². The minimum atomic E-state index is -0.113. The second kappa shape index (κ2) is 1.92. The van der Waals surface area contributed by atoms with Gasteiger partial charge in [-0.2, -0.15) is 11.8 Å². The lowest BCUT2D eigenvalue weighted by Gasteiger charge is -2.13. The Balaban J connectivity index is 2.41. The first-order chi connectivity index (χ1) is 3.71. The van der Waals surface area contributed by atoms with Crippen LogP contribution in [-0.2, 0) is 0 Å². The van der Waals surface area contributed by atoms with E-state index in [1.807, 2.05) is 6.92 Å². The summed E-state index contributed by atoms with van der Waals surface area (Å²) in [5.41, 5.74) is 0. The Hall–Kier alpha value is 0.310. The number of hydrogen-bond donors (Lipinski definition) is 1. The molecule has 0 bridgehead atoms. The topological polar surface area (TPSA) is 20.2 Å². The predicted molar refractivity (Wildman–Crippen MR) is 37.2 cm³/mol. The standard InChI is InChI=1S/C6H12OS/c1-5(7)6(8-2)3-4-6/h5,7H,3-4H2,1-2H3. The SMILES string of the molecule is CSC1(C(C)O)CC1. The zero-order valence-electron chi connectivity index (χ0n) is 5.35. The summed E-state index contributed by atoms with van der Waals surface area (Å²) >= 11 is 1.80. The Morgan fingerprint density at radius 3 is 2.12 bits per heavy atom. The lowest BCUT2D eigenvalue weighted by molar-refractivity contribution is 0.184. The Kier molecular flexibility index (Phi) is 1.54. The maximum absolute atomic E-state index is 9.12. The summed E-state index contributed by atoms with van der Waals surface area (Å²) < 4.78 is 0.264. The molecule has 0 aliphatic heterocycles. The molecule has 0 aromatic rings. The van der Waals surface area contributed by atoms with Gasteiger partial charge in [0.25, 0.3) is 0 Å². The molecular formula is C6H12OS. The summed E-state index contributed by atoms with van der Waals surface area (Å²) in [6, 6.07) is 0. The minimum Gasteiger partial charge on any atom is -0.392 e. The first-order valence-electron chi connectivity index (χ1n) is 2.94. The molecule has 1 N–H and O–H groups in total. The monoisotopic (exact) mass is 132 g/mol. The van der Waals surface area contributed by atoms with E-state index >= 15 is 0 Å². The first kappa shape index (κ1) is 6.43. The average Bonchev–Trinajstić information content (AvgIpc) is 2.44. The number of aliphatic hydroxyl groups is 1. The molecule has 1 unspecified atom stereocenters. The Labute approximate surface area is 54.5 Å². The summed E-state index contributed by atoms with van der Waals surface area (Å²) in [5.74, 6) is 0. The third-order valence-corrected chi connectivity index (χ3v) is 3.47. The molecule has 1 atom stereocenters. The van der Waals surface area contributed by atoms with Crippen LogP contribution in [0.1, 0.15) is 19.8 Å². The van der Waals surface area contributed by atoms with E-state index in [2.05, 4.69) is 6.26 Å². The highest BCUT2D eigenvalue weighted by Gasteiger charge is 2.46. The molecule has 8 heavy (non-hydrogen) atoms. The molecule has 1 fully saturated rings. The minimum absolute atomic E-state index is 0.113. The first-order valence-corrected chi connectivity index (χ1v) is 4.17. The fourth-order valence-corrected chi connectivity index (χ4v) is 1.77. The van der Waals surface area contributed by atoms with Gasteiger partial charge >= 0.3 is 0 Å². The van der Waals surface area contributed by atoms with Gasteiger partial charge in [-0.1, -0.05) is 0 Å². The highest BCUT2D eigenvalue weighted by molar-refractivity contribution is 8.00. The molecule has 0 saturated heterocycles. The molecule has 0 spiro atoms. The van der Waals surface area contributed by atoms with E-state index in [0.29, 0.717) is 0 Å². The van der Waals surface area contributed by atoms with Gasteiger partial charge in [-0.15, -0.1) is 0 Å². The van der Waals surface area contributed by atoms with Crippen LogP contribution in [0.5, 0.6) is 0 Å². The van der Waals surface area contributed by atoms with Crippen molar-refractivity contribution in [3.8, 4) is 0 Å². The fraction of sp³-hybridized carbons (Fsp3) is 1.00. The van der Waals surface area contributed by atoms with Crippen LogP contribution in [0.2, 0.25) is 0 Å². The lowest BCUT2D eigenvalue weighted by Crippen LogP contribution is -2.19. The molecule has 1 aliphatic carbocycles. The maximum Gasteiger partial charge on any atom is 0.0658 e. The van der Waals surface area contributed by atoms with E-state index in [9.17, 15) is 0 Å². The normalized spacial score (nSPS) is 27.4. The molecule has 0 aromatic carbocycles. The molecule has 1 aliphatic rings. The molecule has 0 heterocycles. The summed E-state index contributed by atoms with van der Waals surface area (Å²) in [5, 5.41) is 9.12. The highest BCUT2D eigenvalue weighted by Crippen LogP contribution is 2.49. The van der Waals surface area contributed by atoms with Crippen molar-refractivity contribution in [2.24, 2.45) is 0 Å². The largest absolute Gasteiger partial charge is 0.392 e. The smallest absolute Gasteiger partial charge is 0.0658 e. The van der Waals surface area contributed by atoms with Crippen LogP contribution >= 0.6 is 11.8 Å². The third kappa shape index (κ3) is 0.869. The van der Waals surface area contributed by atoms with Crippen molar-refractivity contribution in [1.29, 1.82) is 0 Å². The summed E-state index contributed by atoms with van der Waals surface area (Å²) in [6.45, 7) is 1.88. The van der Waals surface area contributed by atoms with E-state index in [-0.39, 0.29) is 10.9 Å². The van der Waals surface area contributed by atoms with Crippen LogP contribution in [0, 0.1) is 0 Å². The van der Waals surface area contributed by atoms with E-state index in [0.717, 1.165) is 0 Å². The van der Waals surface area contributed by atoms with E-state index in [4.69, 9.17) is 5.11 Å². The summed E-state index contributed by atoms with van der Waals surface area (Å²) in [7, 11) is 0. The lowest BCUT2D eigenvalue weighted by atomic mass is 10.3. The summed E-state index contributed by atoms with van der Waals surface area (Å²) in [4.78, 5) is 0. The molecule has 1 nitrogen and oxygen atoms in total. The van der Waals surface area contributed by atoms with Gasteiger partial charge in [0.2, 0.25) is 0 Å². The van der Waals surface area contributed by atoms with Gasteiger partial charge in [0.15, 0.2) is 0 Å². The molecule has 1 rings (SSSR count). The Morgan fingerprint density at radius 1 is 1.62 bits per heavy atom. The number of aliphatic hydroxyl groups excluding tert-OH is 1. The molecule has 2 heteroatoms. The van der Waals surface area contributed by atoms with Crippen LogP contribution in [0.25, 0.3) is 0 Å². The van der Waals surface area contributed by atoms with Crippen LogP contribution in [-0.4, -0.2) is 22.2 Å². The average molecular weight is 132 g/mol. The van der Waals surface area contributed by atoms with Crippen LogP contribution in [0.15, 0.2) is 0 Å². The predicted octanol–water partition coefficient (Wildman–Crippen LogP) is 1.26. The molecular weight excluding hydrogens is 120 g/mol. The van der Waals surface area contributed by atoms with Crippen molar-refractivity contribution in [1.82, 2.24) is 0 Å². The number of hydrogen-bond acceptors (Lipinski definition) is 2. The van der Waals surface area contributed by atoms with Gasteiger partial charge < -0.3 is 5.11 Å². The second-order valence-electron chi connectivity index (χ2n) is 2.44. The van der Waals surface area contributed by atoms with Gasteiger partial charge in [0.05, 0.1) is 6.10 Å². The Bertz CT molecular complexity index is 86.5. The van der Waals surface area contributed by atoms with E-state index in [1.165, 1.54) is 12.8 Å². The van der Waals surface area contributed by atoms with Crippen LogP contribution in [0.4, 0.5) is 0 Å². The van der Waals surface area contributed by atoms with Gasteiger partial charge in [-0.25, -0.2) is 0 Å². The van der Waals surface area contributed by atoms with Crippen molar-refractivity contribution < 1.29 is 5.11 Å². The Morgan fingerprint density at radius 2 is 2.12 bits per heavy atom. The van der Waals surface area contributed by atoms with Crippen molar-refractivity contribution in [3.05, 3.63) is 0 Å². The number of rotatable bonds is 2. The van der Waals surface area contributed by atoms with E-state index < -0.39 is 0 Å². The van der Waals surface area contributed by atoms with Gasteiger partial charge in [0, 0.05) is 4.75 Å². The molecule has 0 aromatic heterocycles. The van der Waals surface area contributed by atoms with Crippen molar-refractivity contribution in [2.75, 3.05) is 6.26 Å². The number of thioether (sulfide) groups is 1. The molecule has 0 amide bonds. The zero-order valence-corrected chi connectivity index (χ0v) is 6.16. The summed E-state index contributed by atoms with van der Waals surface area (Å²) in [6.07, 6.45) is 4.36. The van der Waals surface area contributed by atoms with Gasteiger partial charge in [-0.3, -0.25) is 0 Å². The van der Waals surface area contributed by atoms with Crippen molar-refractivity contribution in [3.63, 3.8) is 0 Å². The van der Waals surface area contributed by atoms with Crippen LogP contribution < -0.4 is 0 Å². The zero-order chi connectivity index (χ0) is 6.20. The quantitative estimate of drug-likeness (QED) is 0.610. The second-order valence-corrected chi connectivity index (χ2v) is 3.67. The van der Waals surface area contributed by atoms with Gasteiger partial charge in [-0.05, 0) is 26.0 Å². The molecule has 0 radical (unpaired) electrons. The fourth-order valence-electron chi connectivity index (χ4n) is 0.916. The van der Waals surface area contributed by atoms with Crippen molar-refractivity contribution in [2.45, 2.75) is 30.6 Å². The van der Waals surface area contributed by atoms with Crippen LogP contribution in [0.3, 0.4) is 0 Å². The maximum atomic E-state index is 9.12. The van der Waals surface area contributed by atoms with Gasteiger partial charge in [0.1, 0.15) is 0 Å².